The smallest absolute Gasteiger partial charge is 0.326 e. The zero-order valence-electron chi connectivity index (χ0n) is 12.4. The van der Waals surface area contributed by atoms with Crippen LogP contribution < -0.4 is 10.9 Å². The van der Waals surface area contributed by atoms with Crippen molar-refractivity contribution in [2.24, 2.45) is 7.05 Å². The molecule has 2 aromatic rings. The predicted molar refractivity (Wildman–Crippen MR) is 80.5 cm³/mol. The van der Waals surface area contributed by atoms with E-state index >= 15 is 0 Å². The van der Waals surface area contributed by atoms with Crippen molar-refractivity contribution in [2.75, 3.05) is 0 Å². The number of carboxylic acids is 1. The summed E-state index contributed by atoms with van der Waals surface area (Å²) in [6.07, 6.45) is 0.209. The van der Waals surface area contributed by atoms with Crippen molar-refractivity contribution in [3.63, 3.8) is 0 Å². The summed E-state index contributed by atoms with van der Waals surface area (Å²) in [7, 11) is 1.52. The second kappa shape index (κ2) is 6.38. The van der Waals surface area contributed by atoms with Gasteiger partial charge in [0.05, 0.1) is 17.5 Å². The number of amides is 1. The quantitative estimate of drug-likeness (QED) is 0.835. The summed E-state index contributed by atoms with van der Waals surface area (Å²) in [6, 6.07) is 5.97. The number of hydrogen-bond acceptors (Lipinski definition) is 4. The van der Waals surface area contributed by atoms with Gasteiger partial charge < -0.3 is 10.4 Å². The molecule has 0 saturated heterocycles. The molecule has 0 aliphatic heterocycles. The summed E-state index contributed by atoms with van der Waals surface area (Å²) in [5.74, 6) is -1.51. The molecule has 0 spiro atoms. The van der Waals surface area contributed by atoms with E-state index in [1.807, 2.05) is 0 Å². The number of benzene rings is 1. The molecule has 2 rings (SSSR count). The number of hydrogen-bond donors (Lipinski definition) is 2. The number of rotatable bonds is 5. The molecule has 2 N–H and O–H groups in total. The lowest BCUT2D eigenvalue weighted by molar-refractivity contribution is -0.141. The second-order valence-electron chi connectivity index (χ2n) is 4.96. The van der Waals surface area contributed by atoms with Crippen molar-refractivity contribution < 1.29 is 14.7 Å². The maximum atomic E-state index is 12.0. The minimum Gasteiger partial charge on any atom is -0.480 e. The molecule has 1 aromatic carbocycles. The van der Waals surface area contributed by atoms with E-state index in [4.69, 9.17) is 5.11 Å². The van der Waals surface area contributed by atoms with Crippen LogP contribution in [0.1, 0.15) is 19.0 Å². The summed E-state index contributed by atoms with van der Waals surface area (Å²) in [5, 5.41) is 16.6. The fraction of sp³-hybridized carbons (Fsp3) is 0.333. The molecule has 0 aliphatic carbocycles. The van der Waals surface area contributed by atoms with Gasteiger partial charge in [0.2, 0.25) is 5.91 Å². The molecule has 1 atom stereocenters. The Morgan fingerprint density at radius 1 is 1.32 bits per heavy atom. The highest BCUT2D eigenvalue weighted by atomic mass is 16.4. The van der Waals surface area contributed by atoms with E-state index in [1.165, 1.54) is 11.7 Å². The molecule has 0 saturated carbocycles. The van der Waals surface area contributed by atoms with Gasteiger partial charge in [-0.1, -0.05) is 25.1 Å². The highest BCUT2D eigenvalue weighted by Crippen LogP contribution is 2.13. The van der Waals surface area contributed by atoms with E-state index in [9.17, 15) is 14.4 Å². The first-order valence-corrected chi connectivity index (χ1v) is 6.91. The van der Waals surface area contributed by atoms with Crippen LogP contribution in [0.3, 0.4) is 0 Å². The number of aromatic nitrogens is 2. The Kier molecular flexibility index (Phi) is 4.55. The molecule has 7 heteroatoms. The number of nitrogens with zero attached hydrogens (tertiary/aromatic N) is 2. The van der Waals surface area contributed by atoms with Gasteiger partial charge in [0.1, 0.15) is 6.04 Å². The summed E-state index contributed by atoms with van der Waals surface area (Å²) in [6.45, 7) is 1.68. The lowest BCUT2D eigenvalue weighted by Crippen LogP contribution is -2.41. The van der Waals surface area contributed by atoms with Crippen molar-refractivity contribution in [1.82, 2.24) is 15.1 Å². The molecule has 1 unspecified atom stereocenters. The molecule has 0 fully saturated rings. The van der Waals surface area contributed by atoms with Gasteiger partial charge in [-0.05, 0) is 12.5 Å². The van der Waals surface area contributed by atoms with Gasteiger partial charge in [-0.25, -0.2) is 9.48 Å². The average molecular weight is 303 g/mol. The van der Waals surface area contributed by atoms with Gasteiger partial charge in [0.15, 0.2) is 0 Å². The van der Waals surface area contributed by atoms with Gasteiger partial charge in [-0.15, -0.1) is 0 Å². The first kappa shape index (κ1) is 15.7. The third kappa shape index (κ3) is 3.13. The van der Waals surface area contributed by atoms with Gasteiger partial charge in [0.25, 0.3) is 5.56 Å². The molecule has 1 amide bonds. The lowest BCUT2D eigenvalue weighted by atomic mass is 10.1. The fourth-order valence-electron chi connectivity index (χ4n) is 2.24. The van der Waals surface area contributed by atoms with E-state index in [0.29, 0.717) is 22.9 Å². The molecule has 1 heterocycles. The summed E-state index contributed by atoms with van der Waals surface area (Å²) in [4.78, 5) is 35.0. The summed E-state index contributed by atoms with van der Waals surface area (Å²) in [5.41, 5.74) is 0.201. The number of aliphatic carboxylic acids is 1. The van der Waals surface area contributed by atoms with Crippen LogP contribution in [0.2, 0.25) is 0 Å². The van der Waals surface area contributed by atoms with Gasteiger partial charge >= 0.3 is 5.97 Å². The Hall–Kier alpha value is -2.70. The van der Waals surface area contributed by atoms with Crippen molar-refractivity contribution >= 4 is 22.6 Å². The lowest BCUT2D eigenvalue weighted by Gasteiger charge is -2.13. The Labute approximate surface area is 126 Å². The molecule has 7 nitrogen and oxygen atoms in total. The number of carbonyl (C=O) groups is 2. The predicted octanol–water partition coefficient (Wildman–Crippen LogP) is 0.455. The van der Waals surface area contributed by atoms with Gasteiger partial charge in [0, 0.05) is 12.4 Å². The zero-order chi connectivity index (χ0) is 16.3. The largest absolute Gasteiger partial charge is 0.480 e. The van der Waals surface area contributed by atoms with Crippen LogP contribution in [-0.4, -0.2) is 32.8 Å². The van der Waals surface area contributed by atoms with E-state index < -0.39 is 17.9 Å². The zero-order valence-corrected chi connectivity index (χ0v) is 12.4. The molecule has 0 aliphatic rings. The van der Waals surface area contributed by atoms with Crippen molar-refractivity contribution in [3.05, 3.63) is 40.3 Å². The fourth-order valence-corrected chi connectivity index (χ4v) is 2.24. The van der Waals surface area contributed by atoms with E-state index in [-0.39, 0.29) is 12.0 Å². The molecular formula is C15H17N3O4. The standard InChI is InChI=1S/C15H17N3O4/c1-3-11(15(21)22)16-13(19)8-12-9-6-4-5-7-10(9)14(20)18(2)17-12/h4-7,11H,3,8H2,1-2H3,(H,16,19)(H,21,22). The molecule has 22 heavy (non-hydrogen) atoms. The second-order valence-corrected chi connectivity index (χ2v) is 4.96. The summed E-state index contributed by atoms with van der Waals surface area (Å²) >= 11 is 0. The minimum atomic E-state index is -1.07. The van der Waals surface area contributed by atoms with E-state index in [1.54, 1.807) is 31.2 Å². The Bertz CT molecular complexity index is 782. The highest BCUT2D eigenvalue weighted by molar-refractivity contribution is 5.90. The Morgan fingerprint density at radius 3 is 2.55 bits per heavy atom. The third-order valence-corrected chi connectivity index (χ3v) is 3.40. The van der Waals surface area contributed by atoms with Crippen molar-refractivity contribution in [2.45, 2.75) is 25.8 Å². The molecule has 116 valence electrons. The minimum absolute atomic E-state index is 0.0849. The van der Waals surface area contributed by atoms with Crippen LogP contribution in [0.5, 0.6) is 0 Å². The van der Waals surface area contributed by atoms with Crippen LogP contribution in [0, 0.1) is 0 Å². The number of fused-ring (bicyclic) bond motifs is 1. The average Bonchev–Trinajstić information content (AvgIpc) is 2.49. The van der Waals surface area contributed by atoms with Crippen molar-refractivity contribution in [3.8, 4) is 0 Å². The third-order valence-electron chi connectivity index (χ3n) is 3.40. The van der Waals surface area contributed by atoms with Crippen LogP contribution in [0.15, 0.2) is 29.1 Å². The SMILES string of the molecule is CCC(NC(=O)Cc1nn(C)c(=O)c2ccccc12)C(=O)O. The molecule has 0 bridgehead atoms. The van der Waals surface area contributed by atoms with Gasteiger partial charge in [-0.3, -0.25) is 9.59 Å². The van der Waals surface area contributed by atoms with Crippen LogP contribution in [0.25, 0.3) is 10.8 Å². The van der Waals surface area contributed by atoms with Crippen LogP contribution in [-0.2, 0) is 23.1 Å². The normalized spacial score (nSPS) is 12.1. The van der Waals surface area contributed by atoms with Crippen LogP contribution in [0.4, 0.5) is 0 Å². The molecular weight excluding hydrogens is 286 g/mol. The first-order chi connectivity index (χ1) is 10.4. The topological polar surface area (TPSA) is 101 Å². The monoisotopic (exact) mass is 303 g/mol. The number of aryl methyl sites for hydroxylation is 1. The maximum absolute atomic E-state index is 12.0. The number of carbonyl (C=O) groups excluding carboxylic acids is 1. The summed E-state index contributed by atoms with van der Waals surface area (Å²) < 4.78 is 1.18. The molecule has 0 radical (unpaired) electrons. The van der Waals surface area contributed by atoms with E-state index in [0.717, 1.165) is 0 Å². The van der Waals surface area contributed by atoms with Gasteiger partial charge in [-0.2, -0.15) is 5.10 Å². The highest BCUT2D eigenvalue weighted by Gasteiger charge is 2.19. The number of nitrogens with one attached hydrogen (secondary N) is 1. The molecule has 1 aromatic heterocycles. The van der Waals surface area contributed by atoms with E-state index in [2.05, 4.69) is 10.4 Å². The number of carboxylic acid groups (broad SMARTS) is 1. The maximum Gasteiger partial charge on any atom is 0.326 e. The van der Waals surface area contributed by atoms with Crippen LogP contribution >= 0.6 is 0 Å². The Balaban J connectivity index is 2.32. The Morgan fingerprint density at radius 2 is 1.95 bits per heavy atom. The van der Waals surface area contributed by atoms with Crippen molar-refractivity contribution in [1.29, 1.82) is 0 Å². The first-order valence-electron chi connectivity index (χ1n) is 6.91.